The van der Waals surface area contributed by atoms with Gasteiger partial charge < -0.3 is 0 Å². The molecule has 2 aromatic rings. The van der Waals surface area contributed by atoms with Crippen molar-refractivity contribution < 1.29 is 9.72 Å². The van der Waals surface area contributed by atoms with Crippen LogP contribution in [0.4, 0.5) is 5.69 Å². The summed E-state index contributed by atoms with van der Waals surface area (Å²) < 4.78 is 0. The number of nitrogens with one attached hydrogen (secondary N) is 1. The molecular weight excluding hydrogens is 270 g/mol. The lowest BCUT2D eigenvalue weighted by Gasteiger charge is -1.99. The number of hydrazone groups is 1. The Bertz CT molecular complexity index is 652. The summed E-state index contributed by atoms with van der Waals surface area (Å²) in [6, 6.07) is 15.2. The number of non-ortho nitro benzene ring substituents is 1. The van der Waals surface area contributed by atoms with Crippen LogP contribution in [0.25, 0.3) is 0 Å². The summed E-state index contributed by atoms with van der Waals surface area (Å²) in [5.74, 6) is -0.223. The molecule has 0 aliphatic carbocycles. The average molecular weight is 283 g/mol. The van der Waals surface area contributed by atoms with Crippen molar-refractivity contribution in [2.75, 3.05) is 0 Å². The van der Waals surface area contributed by atoms with Crippen molar-refractivity contribution in [3.63, 3.8) is 0 Å². The van der Waals surface area contributed by atoms with Gasteiger partial charge in [0.25, 0.3) is 5.69 Å². The lowest BCUT2D eigenvalue weighted by Crippen LogP contribution is -2.19. The number of rotatable bonds is 5. The van der Waals surface area contributed by atoms with E-state index < -0.39 is 4.92 Å². The fourth-order valence-corrected chi connectivity index (χ4v) is 1.68. The van der Waals surface area contributed by atoms with Crippen molar-refractivity contribution in [1.29, 1.82) is 0 Å². The molecule has 0 unspecified atom stereocenters. The predicted molar refractivity (Wildman–Crippen MR) is 79.0 cm³/mol. The highest BCUT2D eigenvalue weighted by Crippen LogP contribution is 2.10. The Hall–Kier alpha value is -3.02. The molecule has 21 heavy (non-hydrogen) atoms. The van der Waals surface area contributed by atoms with Gasteiger partial charge in [-0.05, 0) is 23.3 Å². The van der Waals surface area contributed by atoms with Crippen LogP contribution in [0.2, 0.25) is 0 Å². The second-order valence-electron chi connectivity index (χ2n) is 4.30. The van der Waals surface area contributed by atoms with Crippen molar-refractivity contribution in [1.82, 2.24) is 5.43 Å². The minimum Gasteiger partial charge on any atom is -0.273 e. The molecule has 2 rings (SSSR count). The van der Waals surface area contributed by atoms with Gasteiger partial charge in [-0.25, -0.2) is 5.43 Å². The Balaban J connectivity index is 1.87. The van der Waals surface area contributed by atoms with Crippen LogP contribution in [0.5, 0.6) is 0 Å². The molecule has 1 N–H and O–H groups in total. The van der Waals surface area contributed by atoms with Crippen LogP contribution in [0.1, 0.15) is 11.1 Å². The van der Waals surface area contributed by atoms with E-state index in [1.807, 2.05) is 30.3 Å². The summed E-state index contributed by atoms with van der Waals surface area (Å²) >= 11 is 0. The third-order valence-corrected chi connectivity index (χ3v) is 2.71. The zero-order valence-corrected chi connectivity index (χ0v) is 11.1. The molecule has 0 bridgehead atoms. The maximum atomic E-state index is 11.6. The monoisotopic (exact) mass is 283 g/mol. The highest BCUT2D eigenvalue weighted by Gasteiger charge is 2.03. The van der Waals surface area contributed by atoms with Gasteiger partial charge in [-0.1, -0.05) is 30.3 Å². The molecule has 0 aliphatic heterocycles. The molecule has 6 heteroatoms. The molecule has 0 aliphatic rings. The van der Waals surface area contributed by atoms with Crippen LogP contribution in [0, 0.1) is 10.1 Å². The Morgan fingerprint density at radius 1 is 1.14 bits per heavy atom. The van der Waals surface area contributed by atoms with Crippen molar-refractivity contribution in [3.8, 4) is 0 Å². The topological polar surface area (TPSA) is 84.6 Å². The molecule has 0 spiro atoms. The van der Waals surface area contributed by atoms with Crippen molar-refractivity contribution in [2.24, 2.45) is 5.10 Å². The third-order valence-electron chi connectivity index (χ3n) is 2.71. The van der Waals surface area contributed by atoms with Gasteiger partial charge in [-0.3, -0.25) is 14.9 Å². The van der Waals surface area contributed by atoms with E-state index in [0.717, 1.165) is 5.56 Å². The fourth-order valence-electron chi connectivity index (χ4n) is 1.68. The fraction of sp³-hybridized carbons (Fsp3) is 0.0667. The van der Waals surface area contributed by atoms with Crippen LogP contribution >= 0.6 is 0 Å². The Labute approximate surface area is 121 Å². The van der Waals surface area contributed by atoms with Gasteiger partial charge in [0.2, 0.25) is 5.91 Å². The molecule has 0 radical (unpaired) electrons. The van der Waals surface area contributed by atoms with Gasteiger partial charge >= 0.3 is 0 Å². The number of nitro groups is 1. The number of hydrogen-bond acceptors (Lipinski definition) is 4. The van der Waals surface area contributed by atoms with E-state index in [0.29, 0.717) is 5.56 Å². The number of hydrogen-bond donors (Lipinski definition) is 1. The van der Waals surface area contributed by atoms with E-state index in [9.17, 15) is 14.9 Å². The van der Waals surface area contributed by atoms with E-state index in [4.69, 9.17) is 0 Å². The number of carbonyl (C=O) groups excluding carboxylic acids is 1. The molecule has 0 heterocycles. The van der Waals surface area contributed by atoms with Crippen LogP contribution < -0.4 is 5.43 Å². The number of benzene rings is 2. The second-order valence-corrected chi connectivity index (χ2v) is 4.30. The molecule has 0 atom stereocenters. The van der Waals surface area contributed by atoms with Crippen LogP contribution in [-0.2, 0) is 11.2 Å². The van der Waals surface area contributed by atoms with E-state index in [1.165, 1.54) is 18.3 Å². The summed E-state index contributed by atoms with van der Waals surface area (Å²) in [6.45, 7) is 0. The lowest BCUT2D eigenvalue weighted by atomic mass is 10.1. The maximum Gasteiger partial charge on any atom is 0.269 e. The number of nitro benzene ring substituents is 1. The van der Waals surface area contributed by atoms with E-state index in [-0.39, 0.29) is 18.0 Å². The summed E-state index contributed by atoms with van der Waals surface area (Å²) in [6.07, 6.45) is 1.69. The standard InChI is InChI=1S/C15H13N3O3/c19-15(10-12-4-2-1-3-5-12)17-16-11-13-6-8-14(9-7-13)18(20)21/h1-9,11H,10H2,(H,17,19). The number of nitrogens with zero attached hydrogens (tertiary/aromatic N) is 2. The maximum absolute atomic E-state index is 11.6. The van der Waals surface area contributed by atoms with Crippen molar-refractivity contribution in [2.45, 2.75) is 6.42 Å². The van der Waals surface area contributed by atoms with E-state index in [1.54, 1.807) is 12.1 Å². The molecule has 0 saturated carbocycles. The average Bonchev–Trinajstić information content (AvgIpc) is 2.49. The molecule has 1 amide bonds. The highest BCUT2D eigenvalue weighted by molar-refractivity contribution is 5.83. The number of amides is 1. The van der Waals surface area contributed by atoms with Gasteiger partial charge in [0.1, 0.15) is 0 Å². The van der Waals surface area contributed by atoms with Gasteiger partial charge in [0.05, 0.1) is 17.6 Å². The molecule has 0 aromatic heterocycles. The Kier molecular flexibility index (Phi) is 4.76. The largest absolute Gasteiger partial charge is 0.273 e. The molecule has 2 aromatic carbocycles. The minimum atomic E-state index is -0.470. The molecule has 6 nitrogen and oxygen atoms in total. The summed E-state index contributed by atoms with van der Waals surface area (Å²) in [7, 11) is 0. The first kappa shape index (κ1) is 14.4. The van der Waals surface area contributed by atoms with Crippen molar-refractivity contribution >= 4 is 17.8 Å². The smallest absolute Gasteiger partial charge is 0.269 e. The zero-order chi connectivity index (χ0) is 15.1. The highest BCUT2D eigenvalue weighted by atomic mass is 16.6. The normalized spacial score (nSPS) is 10.5. The molecular formula is C15H13N3O3. The SMILES string of the molecule is O=C(Cc1ccccc1)NN=Cc1ccc([N+](=O)[O-])cc1. The third kappa shape index (κ3) is 4.54. The molecule has 0 fully saturated rings. The summed E-state index contributed by atoms with van der Waals surface area (Å²) in [4.78, 5) is 21.7. The number of carbonyl (C=O) groups is 1. The van der Waals surface area contributed by atoms with Crippen LogP contribution in [-0.4, -0.2) is 17.0 Å². The van der Waals surface area contributed by atoms with E-state index >= 15 is 0 Å². The lowest BCUT2D eigenvalue weighted by molar-refractivity contribution is -0.384. The first-order chi connectivity index (χ1) is 10.1. The van der Waals surface area contributed by atoms with E-state index in [2.05, 4.69) is 10.5 Å². The first-order valence-electron chi connectivity index (χ1n) is 6.25. The minimum absolute atomic E-state index is 0.0141. The van der Waals surface area contributed by atoms with Crippen LogP contribution in [0.15, 0.2) is 59.7 Å². The van der Waals surface area contributed by atoms with Gasteiger partial charge in [0, 0.05) is 12.1 Å². The van der Waals surface area contributed by atoms with Crippen LogP contribution in [0.3, 0.4) is 0 Å². The zero-order valence-electron chi connectivity index (χ0n) is 11.1. The van der Waals surface area contributed by atoms with Gasteiger partial charge in [-0.2, -0.15) is 5.10 Å². The summed E-state index contributed by atoms with van der Waals surface area (Å²) in [5.41, 5.74) is 4.00. The first-order valence-corrected chi connectivity index (χ1v) is 6.25. The predicted octanol–water partition coefficient (Wildman–Crippen LogP) is 2.29. The van der Waals surface area contributed by atoms with Gasteiger partial charge in [0.15, 0.2) is 0 Å². The second kappa shape index (κ2) is 6.95. The molecule has 106 valence electrons. The molecule has 0 saturated heterocycles. The quantitative estimate of drug-likeness (QED) is 0.519. The Morgan fingerprint density at radius 3 is 2.43 bits per heavy atom. The Morgan fingerprint density at radius 2 is 1.81 bits per heavy atom. The van der Waals surface area contributed by atoms with Gasteiger partial charge in [-0.15, -0.1) is 0 Å². The summed E-state index contributed by atoms with van der Waals surface area (Å²) in [5, 5.41) is 14.3. The van der Waals surface area contributed by atoms with Crippen molar-refractivity contribution in [3.05, 3.63) is 75.8 Å².